The van der Waals surface area contributed by atoms with Gasteiger partial charge in [0, 0.05) is 10.0 Å². The molecule has 4 nitrogen and oxygen atoms in total. The van der Waals surface area contributed by atoms with Gasteiger partial charge >= 0.3 is 5.95 Å². The summed E-state index contributed by atoms with van der Waals surface area (Å²) in [5.41, 5.74) is 2.69. The van der Waals surface area contributed by atoms with Crippen LogP contribution in [0.2, 0.25) is 10.0 Å². The molecule has 0 bridgehead atoms. The number of aryl methyl sites for hydroxylation is 1. The maximum atomic E-state index is 12.0. The van der Waals surface area contributed by atoms with Crippen LogP contribution < -0.4 is 15.0 Å². The van der Waals surface area contributed by atoms with E-state index in [1.54, 1.807) is 6.07 Å². The number of nitrogens with one attached hydrogen (secondary N) is 2. The number of para-hydroxylation sites is 2. The fraction of sp³-hybridized carbons (Fsp3) is 0.188. The predicted octanol–water partition coefficient (Wildman–Crippen LogP) is 3.47. The Hall–Kier alpha value is -1.91. The zero-order chi connectivity index (χ0) is 15.7. The second-order valence-electron chi connectivity index (χ2n) is 4.96. The highest BCUT2D eigenvalue weighted by atomic mass is 35.5. The van der Waals surface area contributed by atoms with E-state index in [-0.39, 0.29) is 10.8 Å². The highest BCUT2D eigenvalue weighted by molar-refractivity contribution is 6.35. The van der Waals surface area contributed by atoms with Gasteiger partial charge in [0.2, 0.25) is 0 Å². The molecule has 0 aliphatic heterocycles. The summed E-state index contributed by atoms with van der Waals surface area (Å²) in [5.74, 6) is 0.650. The van der Waals surface area contributed by atoms with Crippen LogP contribution in [0.25, 0.3) is 11.0 Å². The van der Waals surface area contributed by atoms with Crippen molar-refractivity contribution in [2.75, 3.05) is 5.32 Å². The van der Waals surface area contributed by atoms with Crippen LogP contribution >= 0.6 is 23.2 Å². The maximum Gasteiger partial charge on any atom is 0.356 e. The number of rotatable bonds is 4. The number of imidazole rings is 1. The molecule has 22 heavy (non-hydrogen) atoms. The van der Waals surface area contributed by atoms with Gasteiger partial charge in [0.05, 0.1) is 13.1 Å². The molecule has 0 unspecified atom stereocenters. The number of aromatic amines is 1. The summed E-state index contributed by atoms with van der Waals surface area (Å²) >= 11 is 11.8. The van der Waals surface area contributed by atoms with Gasteiger partial charge in [-0.15, -0.1) is 0 Å². The van der Waals surface area contributed by atoms with Crippen molar-refractivity contribution in [2.24, 2.45) is 0 Å². The third-order valence-electron chi connectivity index (χ3n) is 3.57. The Morgan fingerprint density at radius 3 is 2.77 bits per heavy atom. The van der Waals surface area contributed by atoms with Crippen molar-refractivity contribution < 1.29 is 9.67 Å². The lowest BCUT2D eigenvalue weighted by Crippen LogP contribution is -2.34. The van der Waals surface area contributed by atoms with Gasteiger partial charge in [-0.25, -0.2) is 9.55 Å². The van der Waals surface area contributed by atoms with Crippen LogP contribution in [0.15, 0.2) is 36.4 Å². The molecular formula is C16H15Cl2N3O. The van der Waals surface area contributed by atoms with Gasteiger partial charge in [0.1, 0.15) is 11.0 Å². The lowest BCUT2D eigenvalue weighted by molar-refractivity contribution is -0.653. The second kappa shape index (κ2) is 6.07. The standard InChI is InChI=1S/C16H15Cl2N3O/c1-2-21-14-6-4-3-5-13(14)20-16(21)19-9-10-7-11(17)8-12(18)15(10)22/h3-8H,2,9H2,1H3,(H2,19,20,22). The van der Waals surface area contributed by atoms with Gasteiger partial charge in [-0.2, -0.15) is 0 Å². The van der Waals surface area contributed by atoms with Crippen LogP contribution in [0.4, 0.5) is 5.95 Å². The van der Waals surface area contributed by atoms with E-state index >= 15 is 0 Å². The summed E-state index contributed by atoms with van der Waals surface area (Å²) in [4.78, 5) is 3.32. The third-order valence-corrected chi connectivity index (χ3v) is 4.06. The molecule has 0 aliphatic carbocycles. The highest BCUT2D eigenvalue weighted by Crippen LogP contribution is 2.29. The Bertz CT molecular complexity index is 830. The van der Waals surface area contributed by atoms with Gasteiger partial charge in [-0.3, -0.25) is 5.32 Å². The van der Waals surface area contributed by atoms with Gasteiger partial charge in [0.25, 0.3) is 0 Å². The fourth-order valence-corrected chi connectivity index (χ4v) is 3.06. The van der Waals surface area contributed by atoms with Crippen molar-refractivity contribution in [3.05, 3.63) is 52.0 Å². The smallest absolute Gasteiger partial charge is 0.356 e. The molecule has 0 fully saturated rings. The zero-order valence-corrected chi connectivity index (χ0v) is 13.5. The zero-order valence-electron chi connectivity index (χ0n) is 12.0. The number of aromatic nitrogens is 2. The predicted molar refractivity (Wildman–Crippen MR) is 87.4 cm³/mol. The van der Waals surface area contributed by atoms with E-state index < -0.39 is 0 Å². The molecule has 0 atom stereocenters. The molecule has 3 rings (SSSR count). The number of anilines is 1. The first-order chi connectivity index (χ1) is 10.6. The van der Waals surface area contributed by atoms with Gasteiger partial charge < -0.3 is 5.11 Å². The van der Waals surface area contributed by atoms with Crippen LogP contribution in [-0.4, -0.2) is 4.98 Å². The van der Waals surface area contributed by atoms with E-state index in [1.165, 1.54) is 6.07 Å². The Morgan fingerprint density at radius 2 is 2.00 bits per heavy atom. The van der Waals surface area contributed by atoms with Gasteiger partial charge in [-0.1, -0.05) is 41.1 Å². The molecule has 3 aromatic rings. The van der Waals surface area contributed by atoms with E-state index in [2.05, 4.69) is 27.9 Å². The first-order valence-electron chi connectivity index (χ1n) is 6.99. The number of hydrogen-bond acceptors (Lipinski definition) is 2. The van der Waals surface area contributed by atoms with Crippen LogP contribution in [0.1, 0.15) is 12.5 Å². The van der Waals surface area contributed by atoms with Crippen molar-refractivity contribution >= 4 is 40.2 Å². The first kappa shape index (κ1) is 15.0. The van der Waals surface area contributed by atoms with Crippen LogP contribution in [0.5, 0.6) is 5.75 Å². The average Bonchev–Trinajstić information content (AvgIpc) is 2.86. The SMILES string of the molecule is CC[n+]1c(NCc2cc(Cl)cc(Cl)c2[O-])[nH]c2ccccc21. The molecule has 0 saturated heterocycles. The number of nitrogens with zero attached hydrogens (tertiary/aromatic N) is 1. The molecule has 0 amide bonds. The summed E-state index contributed by atoms with van der Waals surface area (Å²) < 4.78 is 2.12. The molecule has 6 heteroatoms. The van der Waals surface area contributed by atoms with Crippen molar-refractivity contribution in [3.8, 4) is 5.75 Å². The van der Waals surface area contributed by atoms with E-state index in [1.807, 2.05) is 18.2 Å². The summed E-state index contributed by atoms with van der Waals surface area (Å²) in [5, 5.41) is 15.9. The minimum absolute atomic E-state index is 0.143. The van der Waals surface area contributed by atoms with Crippen LogP contribution in [0.3, 0.4) is 0 Å². The molecule has 0 aliphatic rings. The number of fused-ring (bicyclic) bond motifs is 1. The topological polar surface area (TPSA) is 54.8 Å². The average molecular weight is 336 g/mol. The monoisotopic (exact) mass is 335 g/mol. The highest BCUT2D eigenvalue weighted by Gasteiger charge is 2.15. The first-order valence-corrected chi connectivity index (χ1v) is 7.75. The number of halogens is 2. The number of hydrogen-bond donors (Lipinski definition) is 2. The van der Waals surface area contributed by atoms with Gasteiger partial charge in [0.15, 0.2) is 0 Å². The molecular weight excluding hydrogens is 321 g/mol. The molecule has 0 radical (unpaired) electrons. The Labute approximate surface area is 138 Å². The molecule has 2 N–H and O–H groups in total. The normalized spacial score (nSPS) is 11.0. The van der Waals surface area contributed by atoms with E-state index in [4.69, 9.17) is 23.2 Å². The lowest BCUT2D eigenvalue weighted by atomic mass is 10.2. The minimum atomic E-state index is -0.197. The second-order valence-corrected chi connectivity index (χ2v) is 5.81. The number of benzene rings is 2. The number of H-pyrrole nitrogens is 1. The fourth-order valence-electron chi connectivity index (χ4n) is 2.52. The van der Waals surface area contributed by atoms with Crippen molar-refractivity contribution in [3.63, 3.8) is 0 Å². The quantitative estimate of drug-likeness (QED) is 0.717. The Balaban J connectivity index is 1.91. The molecule has 2 aromatic carbocycles. The molecule has 1 heterocycles. The molecule has 0 saturated carbocycles. The van der Waals surface area contributed by atoms with Crippen molar-refractivity contribution in [2.45, 2.75) is 20.0 Å². The molecule has 1 aromatic heterocycles. The van der Waals surface area contributed by atoms with Gasteiger partial charge in [-0.05, 0) is 36.8 Å². The van der Waals surface area contributed by atoms with Crippen molar-refractivity contribution in [1.29, 1.82) is 0 Å². The van der Waals surface area contributed by atoms with Crippen LogP contribution in [0, 0.1) is 0 Å². The summed E-state index contributed by atoms with van der Waals surface area (Å²) in [7, 11) is 0. The third kappa shape index (κ3) is 2.72. The summed E-state index contributed by atoms with van der Waals surface area (Å²) in [6.45, 7) is 3.24. The van der Waals surface area contributed by atoms with E-state index in [0.29, 0.717) is 17.1 Å². The molecule has 0 spiro atoms. The molecule has 114 valence electrons. The minimum Gasteiger partial charge on any atom is -0.871 e. The Kier molecular flexibility index (Phi) is 4.14. The summed E-state index contributed by atoms with van der Waals surface area (Å²) in [6.07, 6.45) is 0. The van der Waals surface area contributed by atoms with Crippen molar-refractivity contribution in [1.82, 2.24) is 4.98 Å². The van der Waals surface area contributed by atoms with Crippen LogP contribution in [-0.2, 0) is 13.1 Å². The maximum absolute atomic E-state index is 12.0. The largest absolute Gasteiger partial charge is 0.871 e. The van der Waals surface area contributed by atoms with E-state index in [0.717, 1.165) is 23.5 Å². The lowest BCUT2D eigenvalue weighted by Gasteiger charge is -2.15. The van der Waals surface area contributed by atoms with E-state index in [9.17, 15) is 5.11 Å². The Morgan fingerprint density at radius 1 is 1.23 bits per heavy atom. The summed E-state index contributed by atoms with van der Waals surface area (Å²) in [6, 6.07) is 11.2.